The Balaban J connectivity index is 1.64. The fraction of sp³-hybridized carbons (Fsp3) is 0.107. The fourth-order valence-corrected chi connectivity index (χ4v) is 4.99. The van der Waals surface area contributed by atoms with E-state index in [0.29, 0.717) is 16.4 Å². The predicted octanol–water partition coefficient (Wildman–Crippen LogP) is 6.06. The summed E-state index contributed by atoms with van der Waals surface area (Å²) in [7, 11) is 1.97. The summed E-state index contributed by atoms with van der Waals surface area (Å²) in [6.45, 7) is 1.98. The summed E-state index contributed by atoms with van der Waals surface area (Å²) in [6.07, 6.45) is 3.98. The molecule has 176 valence electrons. The van der Waals surface area contributed by atoms with Gasteiger partial charge in [-0.15, -0.1) is 0 Å². The summed E-state index contributed by atoms with van der Waals surface area (Å²) < 4.78 is 3.85. The molecule has 1 aliphatic heterocycles. The Labute approximate surface area is 213 Å². The average molecular weight is 492 g/mol. The summed E-state index contributed by atoms with van der Waals surface area (Å²) in [5.41, 5.74) is 7.69. The molecule has 2 aromatic carbocycles. The maximum atomic E-state index is 10.5. The van der Waals surface area contributed by atoms with Crippen molar-refractivity contribution in [3.05, 3.63) is 112 Å². The van der Waals surface area contributed by atoms with Crippen LogP contribution in [-0.2, 0) is 7.05 Å². The highest BCUT2D eigenvalue weighted by Gasteiger charge is 2.37. The molecule has 6 rings (SSSR count). The molecule has 0 saturated heterocycles. The van der Waals surface area contributed by atoms with Gasteiger partial charge < -0.3 is 9.88 Å². The number of nitrogens with one attached hydrogen (secondary N) is 2. The van der Waals surface area contributed by atoms with E-state index in [-0.39, 0.29) is 5.92 Å². The minimum Gasteiger partial charge on any atom is -0.349 e. The van der Waals surface area contributed by atoms with Crippen LogP contribution in [0, 0.1) is 18.3 Å². The van der Waals surface area contributed by atoms with Crippen LogP contribution in [0.4, 0.5) is 5.82 Å². The number of nitriles is 1. The molecule has 4 heterocycles. The number of benzene rings is 2. The number of rotatable bonds is 4. The summed E-state index contributed by atoms with van der Waals surface area (Å²) in [5, 5.41) is 27.3. The van der Waals surface area contributed by atoms with Crippen LogP contribution in [-0.4, -0.2) is 24.5 Å². The Kier molecular flexibility index (Phi) is 5.24. The predicted molar refractivity (Wildman–Crippen MR) is 141 cm³/mol. The van der Waals surface area contributed by atoms with Crippen molar-refractivity contribution in [3.63, 3.8) is 0 Å². The number of anilines is 1. The number of aromatic nitrogens is 5. The lowest BCUT2D eigenvalue weighted by Crippen LogP contribution is -2.19. The second-order valence-corrected chi connectivity index (χ2v) is 9.23. The SMILES string of the molecule is Cc1[nH]nc2c1C(c1cn(-c3ccc(Cl)cc3)nc1-c1ccccc1)C(C#N)=C(c1cccn1C)N2. The molecule has 1 atom stereocenters. The number of aromatic amines is 1. The third-order valence-electron chi connectivity index (χ3n) is 6.60. The Morgan fingerprint density at radius 1 is 1.03 bits per heavy atom. The number of hydrogen-bond acceptors (Lipinski definition) is 4. The van der Waals surface area contributed by atoms with Gasteiger partial charge in [0.2, 0.25) is 0 Å². The number of nitrogens with zero attached hydrogens (tertiary/aromatic N) is 5. The first kappa shape index (κ1) is 22.0. The number of halogens is 1. The normalized spacial score (nSPS) is 14.9. The number of aryl methyl sites for hydroxylation is 2. The van der Waals surface area contributed by atoms with E-state index in [1.165, 1.54) is 0 Å². The van der Waals surface area contributed by atoms with Crippen molar-refractivity contribution in [3.8, 4) is 23.0 Å². The van der Waals surface area contributed by atoms with E-state index in [4.69, 9.17) is 16.7 Å². The molecule has 0 bridgehead atoms. The lowest BCUT2D eigenvalue weighted by atomic mass is 9.81. The molecule has 0 radical (unpaired) electrons. The number of hydrogen-bond donors (Lipinski definition) is 2. The Bertz CT molecular complexity index is 1650. The van der Waals surface area contributed by atoms with Gasteiger partial charge in [-0.2, -0.15) is 15.5 Å². The van der Waals surface area contributed by atoms with E-state index in [1.807, 2.05) is 102 Å². The van der Waals surface area contributed by atoms with Gasteiger partial charge in [0, 0.05) is 46.8 Å². The topological polar surface area (TPSA) is 87.2 Å². The Morgan fingerprint density at radius 2 is 1.81 bits per heavy atom. The minimum atomic E-state index is -0.369. The van der Waals surface area contributed by atoms with Crippen LogP contribution in [0.25, 0.3) is 22.6 Å². The summed E-state index contributed by atoms with van der Waals surface area (Å²) in [6, 6.07) is 24.1. The van der Waals surface area contributed by atoms with Crippen molar-refractivity contribution in [2.75, 3.05) is 5.32 Å². The van der Waals surface area contributed by atoms with Crippen LogP contribution in [0.1, 0.15) is 28.4 Å². The molecule has 0 fully saturated rings. The molecule has 0 aliphatic carbocycles. The van der Waals surface area contributed by atoms with E-state index in [2.05, 4.69) is 21.6 Å². The number of allylic oxidation sites excluding steroid dienone is 1. The van der Waals surface area contributed by atoms with Gasteiger partial charge >= 0.3 is 0 Å². The van der Waals surface area contributed by atoms with Crippen molar-refractivity contribution in [2.24, 2.45) is 7.05 Å². The van der Waals surface area contributed by atoms with E-state index >= 15 is 0 Å². The van der Waals surface area contributed by atoms with Gasteiger partial charge in [-0.3, -0.25) is 5.10 Å². The molecule has 5 aromatic rings. The van der Waals surface area contributed by atoms with Gasteiger partial charge in [0.1, 0.15) is 0 Å². The largest absolute Gasteiger partial charge is 0.349 e. The first-order chi connectivity index (χ1) is 17.5. The quantitative estimate of drug-likeness (QED) is 0.320. The Hall–Kier alpha value is -4.54. The Morgan fingerprint density at radius 3 is 2.50 bits per heavy atom. The molecule has 0 amide bonds. The maximum absolute atomic E-state index is 10.5. The third-order valence-corrected chi connectivity index (χ3v) is 6.85. The van der Waals surface area contributed by atoms with Crippen molar-refractivity contribution in [2.45, 2.75) is 12.8 Å². The molecule has 2 N–H and O–H groups in total. The standard InChI is InChI=1S/C28H22ClN7/c1-17-24-25(21(15-30)27(31-28(24)33-32-17)23-9-6-14-35(23)2)22-16-36(20-12-10-19(29)11-13-20)34-26(22)18-7-4-3-5-8-18/h3-14,16,25H,1-2H3,(H2,31,32,33). The van der Waals surface area contributed by atoms with E-state index in [9.17, 15) is 5.26 Å². The van der Waals surface area contributed by atoms with Crippen LogP contribution < -0.4 is 5.32 Å². The highest BCUT2D eigenvalue weighted by Crippen LogP contribution is 2.47. The van der Waals surface area contributed by atoms with E-state index in [1.54, 1.807) is 0 Å². The minimum absolute atomic E-state index is 0.369. The van der Waals surface area contributed by atoms with Crippen LogP contribution in [0.15, 0.2) is 84.7 Å². The van der Waals surface area contributed by atoms with Gasteiger partial charge in [0.05, 0.1) is 40.3 Å². The van der Waals surface area contributed by atoms with Crippen LogP contribution in [0.2, 0.25) is 5.02 Å². The maximum Gasteiger partial charge on any atom is 0.156 e. The highest BCUT2D eigenvalue weighted by atomic mass is 35.5. The molecular formula is C28H22ClN7. The van der Waals surface area contributed by atoms with Crippen molar-refractivity contribution >= 4 is 23.1 Å². The monoisotopic (exact) mass is 491 g/mol. The van der Waals surface area contributed by atoms with Gasteiger partial charge in [-0.05, 0) is 43.3 Å². The highest BCUT2D eigenvalue weighted by molar-refractivity contribution is 6.30. The molecule has 8 heteroatoms. The zero-order valence-corrected chi connectivity index (χ0v) is 20.5. The second-order valence-electron chi connectivity index (χ2n) is 8.79. The molecule has 1 unspecified atom stereocenters. The molecular weight excluding hydrogens is 470 g/mol. The fourth-order valence-electron chi connectivity index (χ4n) is 4.86. The third kappa shape index (κ3) is 3.51. The number of H-pyrrole nitrogens is 1. The van der Waals surface area contributed by atoms with Gasteiger partial charge in [-0.25, -0.2) is 4.68 Å². The second kappa shape index (κ2) is 8.59. The summed E-state index contributed by atoms with van der Waals surface area (Å²) in [4.78, 5) is 0. The molecule has 0 saturated carbocycles. The van der Waals surface area contributed by atoms with E-state index in [0.717, 1.165) is 45.2 Å². The summed E-state index contributed by atoms with van der Waals surface area (Å²) in [5.74, 6) is 0.345. The van der Waals surface area contributed by atoms with Crippen molar-refractivity contribution < 1.29 is 0 Å². The molecule has 1 aliphatic rings. The molecule has 0 spiro atoms. The lowest BCUT2D eigenvalue weighted by Gasteiger charge is -2.27. The molecule has 3 aromatic heterocycles. The molecule has 36 heavy (non-hydrogen) atoms. The molecule has 7 nitrogen and oxygen atoms in total. The smallest absolute Gasteiger partial charge is 0.156 e. The zero-order valence-electron chi connectivity index (χ0n) is 19.7. The van der Waals surface area contributed by atoms with Crippen LogP contribution in [0.3, 0.4) is 0 Å². The zero-order chi connectivity index (χ0) is 24.8. The van der Waals surface area contributed by atoms with Crippen LogP contribution in [0.5, 0.6) is 0 Å². The van der Waals surface area contributed by atoms with E-state index < -0.39 is 0 Å². The number of fused-ring (bicyclic) bond motifs is 1. The first-order valence-electron chi connectivity index (χ1n) is 11.5. The lowest BCUT2D eigenvalue weighted by molar-refractivity contribution is 0.879. The van der Waals surface area contributed by atoms with Crippen LogP contribution >= 0.6 is 11.6 Å². The van der Waals surface area contributed by atoms with Crippen molar-refractivity contribution in [1.29, 1.82) is 5.26 Å². The van der Waals surface area contributed by atoms with Gasteiger partial charge in [0.25, 0.3) is 0 Å². The van der Waals surface area contributed by atoms with Gasteiger partial charge in [-0.1, -0.05) is 41.9 Å². The first-order valence-corrected chi connectivity index (χ1v) is 11.9. The van der Waals surface area contributed by atoms with Crippen molar-refractivity contribution in [1.82, 2.24) is 24.5 Å². The summed E-state index contributed by atoms with van der Waals surface area (Å²) >= 11 is 6.14. The average Bonchev–Trinajstić information content (AvgIpc) is 3.62. The van der Waals surface area contributed by atoms with Gasteiger partial charge in [0.15, 0.2) is 5.82 Å².